The molecule has 4 aliphatic rings. The van der Waals surface area contributed by atoms with E-state index in [1.54, 1.807) is 0 Å². The van der Waals surface area contributed by atoms with Crippen molar-refractivity contribution in [2.45, 2.75) is 96.1 Å². The highest BCUT2D eigenvalue weighted by atomic mass is 16.5. The van der Waals surface area contributed by atoms with Gasteiger partial charge < -0.3 is 14.9 Å². The SMILES string of the molecule is CCCC(C)(C(C)C)C(C)OC12CC3CC4(O)CC(O)(C1)C342. The van der Waals surface area contributed by atoms with E-state index in [1.807, 2.05) is 0 Å². The van der Waals surface area contributed by atoms with Crippen LogP contribution < -0.4 is 0 Å². The van der Waals surface area contributed by atoms with Gasteiger partial charge in [-0.15, -0.1) is 0 Å². The molecule has 0 bridgehead atoms. The zero-order valence-corrected chi connectivity index (χ0v) is 14.8. The summed E-state index contributed by atoms with van der Waals surface area (Å²) in [5, 5.41) is 21.5. The molecule has 0 heterocycles. The van der Waals surface area contributed by atoms with Gasteiger partial charge in [0.1, 0.15) is 0 Å². The van der Waals surface area contributed by atoms with E-state index in [9.17, 15) is 10.2 Å². The van der Waals surface area contributed by atoms with Crippen molar-refractivity contribution >= 4 is 0 Å². The van der Waals surface area contributed by atoms with Crippen molar-refractivity contribution in [3.63, 3.8) is 0 Å². The van der Waals surface area contributed by atoms with Crippen LogP contribution in [0.3, 0.4) is 0 Å². The Morgan fingerprint density at radius 1 is 1.14 bits per heavy atom. The second kappa shape index (κ2) is 3.92. The molecule has 7 atom stereocenters. The minimum absolute atomic E-state index is 0.157. The largest absolute Gasteiger partial charge is 0.389 e. The average molecular weight is 308 g/mol. The van der Waals surface area contributed by atoms with Gasteiger partial charge in [-0.3, -0.25) is 0 Å². The highest BCUT2D eigenvalue weighted by molar-refractivity contribution is 5.50. The summed E-state index contributed by atoms with van der Waals surface area (Å²) < 4.78 is 6.69. The van der Waals surface area contributed by atoms with Crippen LogP contribution >= 0.6 is 0 Å². The average Bonchev–Trinajstić information content (AvgIpc) is 2.33. The van der Waals surface area contributed by atoms with E-state index < -0.39 is 11.2 Å². The van der Waals surface area contributed by atoms with E-state index in [-0.39, 0.29) is 22.5 Å². The molecule has 4 saturated carbocycles. The van der Waals surface area contributed by atoms with Crippen LogP contribution in [0.4, 0.5) is 0 Å². The number of aliphatic hydroxyl groups is 2. The second-order valence-corrected chi connectivity index (χ2v) is 9.49. The zero-order chi connectivity index (χ0) is 16.2. The first-order valence-corrected chi connectivity index (χ1v) is 9.23. The molecule has 4 rings (SSSR count). The van der Waals surface area contributed by atoms with Crippen LogP contribution in [0.15, 0.2) is 0 Å². The van der Waals surface area contributed by atoms with Gasteiger partial charge in [-0.2, -0.15) is 0 Å². The molecule has 126 valence electrons. The predicted molar refractivity (Wildman–Crippen MR) is 85.4 cm³/mol. The third-order valence-electron chi connectivity index (χ3n) is 8.56. The van der Waals surface area contributed by atoms with Gasteiger partial charge in [0, 0.05) is 12.8 Å². The summed E-state index contributed by atoms with van der Waals surface area (Å²) in [5.74, 6) is 1.06. The minimum atomic E-state index is -0.623. The number of rotatable bonds is 6. The van der Waals surface area contributed by atoms with Crippen molar-refractivity contribution in [3.05, 3.63) is 0 Å². The lowest BCUT2D eigenvalue weighted by Gasteiger charge is -2.95. The van der Waals surface area contributed by atoms with Crippen LogP contribution in [0.1, 0.15) is 73.1 Å². The summed E-state index contributed by atoms with van der Waals surface area (Å²) in [7, 11) is 0. The molecule has 3 heteroatoms. The molecule has 0 radical (unpaired) electrons. The van der Waals surface area contributed by atoms with Crippen molar-refractivity contribution in [2.24, 2.45) is 22.7 Å². The Kier molecular flexibility index (Phi) is 2.75. The lowest BCUT2D eigenvalue weighted by Crippen LogP contribution is -3.04. The first-order chi connectivity index (χ1) is 10.1. The summed E-state index contributed by atoms with van der Waals surface area (Å²) in [6, 6.07) is 0. The van der Waals surface area contributed by atoms with Crippen molar-refractivity contribution in [2.75, 3.05) is 0 Å². The van der Waals surface area contributed by atoms with E-state index in [4.69, 9.17) is 4.74 Å². The van der Waals surface area contributed by atoms with Crippen molar-refractivity contribution in [3.8, 4) is 0 Å². The summed E-state index contributed by atoms with van der Waals surface area (Å²) in [4.78, 5) is 0. The molecule has 4 fully saturated rings. The number of hydrogen-bond donors (Lipinski definition) is 2. The Morgan fingerprint density at radius 2 is 1.82 bits per heavy atom. The quantitative estimate of drug-likeness (QED) is 0.792. The minimum Gasteiger partial charge on any atom is -0.389 e. The van der Waals surface area contributed by atoms with Gasteiger partial charge in [-0.25, -0.2) is 0 Å². The maximum Gasteiger partial charge on any atom is 0.0830 e. The normalized spacial score (nSPS) is 54.8. The lowest BCUT2D eigenvalue weighted by molar-refractivity contribution is -0.560. The first-order valence-electron chi connectivity index (χ1n) is 9.23. The van der Waals surface area contributed by atoms with E-state index in [1.165, 1.54) is 0 Å². The topological polar surface area (TPSA) is 49.7 Å². The van der Waals surface area contributed by atoms with Gasteiger partial charge in [-0.1, -0.05) is 34.1 Å². The molecule has 3 nitrogen and oxygen atoms in total. The van der Waals surface area contributed by atoms with Crippen molar-refractivity contribution in [1.29, 1.82) is 0 Å². The maximum absolute atomic E-state index is 10.8. The van der Waals surface area contributed by atoms with E-state index in [2.05, 4.69) is 34.6 Å². The second-order valence-electron chi connectivity index (χ2n) is 9.49. The molecule has 1 spiro atoms. The maximum atomic E-state index is 10.8. The molecule has 0 aromatic rings. The van der Waals surface area contributed by atoms with Gasteiger partial charge >= 0.3 is 0 Å². The molecule has 4 aliphatic carbocycles. The Morgan fingerprint density at radius 3 is 2.27 bits per heavy atom. The van der Waals surface area contributed by atoms with Crippen LogP contribution in [0.5, 0.6) is 0 Å². The van der Waals surface area contributed by atoms with Gasteiger partial charge in [-0.05, 0) is 43.4 Å². The fraction of sp³-hybridized carbons (Fsp3) is 1.00. The fourth-order valence-corrected chi connectivity index (χ4v) is 7.32. The van der Waals surface area contributed by atoms with Gasteiger partial charge in [0.2, 0.25) is 0 Å². The standard InChI is InChI=1S/C19H32O3/c1-6-7-15(5,12(2)3)13(4)22-18-9-14-8-16(20)10-17(21,11-18)19(14,16)18/h12-14,20-21H,6-11H2,1-5H3. The Bertz CT molecular complexity index is 509. The molecular formula is C19H32O3. The summed E-state index contributed by atoms with van der Waals surface area (Å²) in [5.41, 5.74) is -1.62. The van der Waals surface area contributed by atoms with Gasteiger partial charge in [0.05, 0.1) is 28.3 Å². The molecule has 0 aliphatic heterocycles. The van der Waals surface area contributed by atoms with Crippen LogP contribution in [0, 0.1) is 22.7 Å². The summed E-state index contributed by atoms with van der Waals surface area (Å²) in [6.45, 7) is 11.4. The molecule has 0 aromatic heterocycles. The van der Waals surface area contributed by atoms with E-state index in [0.29, 0.717) is 18.3 Å². The highest BCUT2D eigenvalue weighted by Gasteiger charge is 3.00. The monoisotopic (exact) mass is 308 g/mol. The molecule has 22 heavy (non-hydrogen) atoms. The first kappa shape index (κ1) is 15.4. The molecule has 0 amide bonds. The van der Waals surface area contributed by atoms with Gasteiger partial charge in [0.25, 0.3) is 0 Å². The Hall–Kier alpha value is -0.120. The van der Waals surface area contributed by atoms with E-state index >= 15 is 0 Å². The van der Waals surface area contributed by atoms with Crippen molar-refractivity contribution < 1.29 is 14.9 Å². The highest BCUT2D eigenvalue weighted by Crippen LogP contribution is 2.92. The Balaban J connectivity index is 1.56. The predicted octanol–water partition coefficient (Wildman–Crippen LogP) is 3.27. The number of hydrogen-bond acceptors (Lipinski definition) is 3. The van der Waals surface area contributed by atoms with Crippen molar-refractivity contribution in [1.82, 2.24) is 0 Å². The van der Waals surface area contributed by atoms with Crippen LogP contribution in [-0.4, -0.2) is 33.1 Å². The fourth-order valence-electron chi connectivity index (χ4n) is 7.32. The van der Waals surface area contributed by atoms with Crippen LogP contribution in [0.25, 0.3) is 0 Å². The number of ether oxygens (including phenoxy) is 1. The summed E-state index contributed by atoms with van der Waals surface area (Å²) in [6.07, 6.45) is 5.73. The smallest absolute Gasteiger partial charge is 0.0830 e. The van der Waals surface area contributed by atoms with Crippen LogP contribution in [0.2, 0.25) is 0 Å². The van der Waals surface area contributed by atoms with Crippen LogP contribution in [-0.2, 0) is 4.74 Å². The molecule has 0 aromatic carbocycles. The third kappa shape index (κ3) is 1.23. The Labute approximate surface area is 134 Å². The van der Waals surface area contributed by atoms with Gasteiger partial charge in [0.15, 0.2) is 0 Å². The molecule has 7 unspecified atom stereocenters. The summed E-state index contributed by atoms with van der Waals surface area (Å²) >= 11 is 0. The molecule has 2 N–H and O–H groups in total. The lowest BCUT2D eigenvalue weighted by atomic mass is 9.13. The van der Waals surface area contributed by atoms with E-state index in [0.717, 1.165) is 32.1 Å². The molecule has 0 saturated heterocycles. The third-order valence-corrected chi connectivity index (χ3v) is 8.56. The molecular weight excluding hydrogens is 276 g/mol. The zero-order valence-electron chi connectivity index (χ0n) is 14.8.